The lowest BCUT2D eigenvalue weighted by Gasteiger charge is -2.16. The highest BCUT2D eigenvalue weighted by atomic mass is 32.2. The fourth-order valence-corrected chi connectivity index (χ4v) is 12.0. The number of amides is 5. The smallest absolute Gasteiger partial charge is 0.338 e. The van der Waals surface area contributed by atoms with Crippen LogP contribution in [0, 0.1) is 0 Å². The molecule has 0 spiro atoms. The third kappa shape index (κ3) is 13.9. The van der Waals surface area contributed by atoms with Crippen LogP contribution in [-0.4, -0.2) is 78.9 Å². The molecule has 6 aromatic rings. The van der Waals surface area contributed by atoms with Crippen molar-refractivity contribution >= 4 is 55.4 Å². The van der Waals surface area contributed by atoms with Crippen molar-refractivity contribution < 1.29 is 41.1 Å². The number of carboxylic acids is 1. The minimum absolute atomic E-state index is 0.00267. The molecule has 77 heavy (non-hydrogen) atoms. The van der Waals surface area contributed by atoms with E-state index in [1.165, 1.54) is 82.4 Å². The summed E-state index contributed by atoms with van der Waals surface area (Å²) in [5, 5.41) is 17.0. The van der Waals surface area contributed by atoms with Crippen LogP contribution in [0.15, 0.2) is 95.2 Å². The summed E-state index contributed by atoms with van der Waals surface area (Å²) in [5.74, 6) is 0.0788. The van der Waals surface area contributed by atoms with E-state index < -0.39 is 38.1 Å². The fourth-order valence-electron chi connectivity index (χ4n) is 10.1. The highest BCUT2D eigenvalue weighted by molar-refractivity contribution is 7.90. The Kier molecular flexibility index (Phi) is 18.1. The van der Waals surface area contributed by atoms with E-state index in [9.17, 15) is 36.0 Å². The molecular formula is C56H64N10O9S2. The van der Waals surface area contributed by atoms with Crippen molar-refractivity contribution in [1.82, 2.24) is 34.7 Å². The second-order valence-corrected chi connectivity index (χ2v) is 22.6. The maximum absolute atomic E-state index is 12.9. The Morgan fingerprint density at radius 2 is 0.896 bits per heavy atom. The van der Waals surface area contributed by atoms with Crippen LogP contribution < -0.4 is 31.1 Å². The molecule has 0 bridgehead atoms. The predicted molar refractivity (Wildman–Crippen MR) is 291 cm³/mol. The number of urea groups is 2. The monoisotopic (exact) mass is 1080 g/mol. The van der Waals surface area contributed by atoms with Gasteiger partial charge in [0.2, 0.25) is 0 Å². The summed E-state index contributed by atoms with van der Waals surface area (Å²) in [6.45, 7) is 4.72. The Labute approximate surface area is 448 Å². The van der Waals surface area contributed by atoms with Gasteiger partial charge in [0.1, 0.15) is 11.6 Å². The number of aromatic nitrogens is 4. The Hall–Kier alpha value is -7.62. The predicted octanol–water partition coefficient (Wildman–Crippen LogP) is 6.91. The molecule has 0 unspecified atom stereocenters. The van der Waals surface area contributed by atoms with Gasteiger partial charge >= 0.3 is 18.0 Å². The van der Waals surface area contributed by atoms with Crippen LogP contribution in [0.1, 0.15) is 128 Å². The largest absolute Gasteiger partial charge is 0.478 e. The number of sulfonamides is 2. The first kappa shape index (κ1) is 55.6. The van der Waals surface area contributed by atoms with Crippen LogP contribution in [0.2, 0.25) is 0 Å². The van der Waals surface area contributed by atoms with Crippen LogP contribution in [0.5, 0.6) is 0 Å². The van der Waals surface area contributed by atoms with Crippen molar-refractivity contribution in [1.29, 1.82) is 0 Å². The van der Waals surface area contributed by atoms with E-state index in [1.54, 1.807) is 24.3 Å². The number of aryl methyl sites for hydroxylation is 6. The van der Waals surface area contributed by atoms with Gasteiger partial charge in [0, 0.05) is 55.5 Å². The quantitative estimate of drug-likeness (QED) is 0.0550. The summed E-state index contributed by atoms with van der Waals surface area (Å²) in [5.41, 5.74) is 19.2. The molecule has 21 heteroatoms. The van der Waals surface area contributed by atoms with E-state index in [0.717, 1.165) is 117 Å². The second kappa shape index (κ2) is 25.0. The summed E-state index contributed by atoms with van der Waals surface area (Å²) in [4.78, 5) is 63.9. The maximum atomic E-state index is 12.9. The molecular weight excluding hydrogens is 1020 g/mol. The standard InChI is InChI=1S/C28H31N5O4S.C21H25N3O3S.C7H8N2O2/c1-2-25-30-16-21(17-31-25)27(34)29-14-13-18-9-11-22(12-10-18)38(36,37)33-28(35)32-26-23-7-3-5-19(23)15-20-6-4-8-24(20)26;22-12-11-14-7-9-17(10-8-14)28(26,27)24-21(25)23-20-18-5-1-3-15(18)13-16-4-2-6-19(16)20;1-2-6-8-3-5(4-9-6)7(10)11/h9-12,15-17H,2-8,13-14H2,1H3,(H,29,34)(H2,32,33,35);7-10,13H,1-6,11-12,22H2,(H2,23,24,25);3-4H,2H2,1H3,(H,10,11). The number of anilines is 2. The van der Waals surface area contributed by atoms with Crippen LogP contribution in [-0.2, 0) is 97.1 Å². The van der Waals surface area contributed by atoms with Crippen LogP contribution in [0.4, 0.5) is 21.0 Å². The van der Waals surface area contributed by atoms with Crippen molar-refractivity contribution in [3.63, 3.8) is 0 Å². The summed E-state index contributed by atoms with van der Waals surface area (Å²) >= 11 is 0. The lowest BCUT2D eigenvalue weighted by Crippen LogP contribution is -2.35. The normalized spacial score (nSPS) is 13.8. The van der Waals surface area contributed by atoms with Gasteiger partial charge in [-0.3, -0.25) is 4.79 Å². The van der Waals surface area contributed by atoms with E-state index >= 15 is 0 Å². The number of hydrogen-bond donors (Lipinski definition) is 7. The molecule has 0 fully saturated rings. The summed E-state index contributed by atoms with van der Waals surface area (Å²) in [6, 6.07) is 15.8. The van der Waals surface area contributed by atoms with E-state index in [0.29, 0.717) is 49.6 Å². The number of fused-ring (bicyclic) bond motifs is 4. The Balaban J connectivity index is 0.000000175. The lowest BCUT2D eigenvalue weighted by molar-refractivity contribution is 0.0695. The zero-order chi connectivity index (χ0) is 54.7. The molecule has 2 aromatic heterocycles. The van der Waals surface area contributed by atoms with E-state index in [1.807, 2.05) is 13.8 Å². The van der Waals surface area contributed by atoms with Gasteiger partial charge < -0.3 is 26.8 Å². The molecule has 8 N–H and O–H groups in total. The van der Waals surface area contributed by atoms with E-state index in [-0.39, 0.29) is 21.3 Å². The van der Waals surface area contributed by atoms with Crippen molar-refractivity contribution in [2.45, 2.75) is 126 Å². The number of nitrogens with zero attached hydrogens (tertiary/aromatic N) is 4. The first-order valence-electron chi connectivity index (χ1n) is 26.1. The zero-order valence-corrected chi connectivity index (χ0v) is 44.8. The average molecular weight is 1090 g/mol. The number of rotatable bonds is 15. The minimum Gasteiger partial charge on any atom is -0.478 e. The number of aromatic carboxylic acids is 1. The molecule has 0 saturated carbocycles. The number of carbonyl (C=O) groups is 4. The first-order valence-corrected chi connectivity index (χ1v) is 29.0. The molecule has 2 heterocycles. The minimum atomic E-state index is -4.05. The van der Waals surface area contributed by atoms with Gasteiger partial charge in [-0.15, -0.1) is 0 Å². The molecule has 19 nitrogen and oxygen atoms in total. The lowest BCUT2D eigenvalue weighted by atomic mass is 9.99. The molecule has 4 aromatic carbocycles. The fraction of sp³-hybridized carbons (Fsp3) is 0.357. The number of nitrogens with one attached hydrogen (secondary N) is 5. The van der Waals surface area contributed by atoms with Crippen LogP contribution in [0.25, 0.3) is 0 Å². The van der Waals surface area contributed by atoms with Crippen molar-refractivity contribution in [3.8, 4) is 0 Å². The summed E-state index contributed by atoms with van der Waals surface area (Å²) < 4.78 is 55.2. The second-order valence-electron chi connectivity index (χ2n) is 19.2. The van der Waals surface area contributed by atoms with Crippen LogP contribution in [0.3, 0.4) is 0 Å². The van der Waals surface area contributed by atoms with Gasteiger partial charge in [0.25, 0.3) is 26.0 Å². The van der Waals surface area contributed by atoms with Gasteiger partial charge in [-0.2, -0.15) is 0 Å². The van der Waals surface area contributed by atoms with E-state index in [2.05, 4.69) is 57.5 Å². The van der Waals surface area contributed by atoms with Gasteiger partial charge in [-0.25, -0.2) is 60.6 Å². The van der Waals surface area contributed by atoms with E-state index in [4.69, 9.17) is 10.8 Å². The molecule has 4 aliphatic rings. The van der Waals surface area contributed by atoms with Gasteiger partial charge in [0.05, 0.1) is 20.9 Å². The Bertz CT molecular complexity index is 3310. The van der Waals surface area contributed by atoms with Gasteiger partial charge in [0.15, 0.2) is 0 Å². The van der Waals surface area contributed by atoms with Gasteiger partial charge in [-0.1, -0.05) is 50.2 Å². The zero-order valence-electron chi connectivity index (χ0n) is 43.2. The molecule has 0 radical (unpaired) electrons. The first-order chi connectivity index (χ1) is 37.0. The number of carboxylic acid groups (broad SMARTS) is 1. The van der Waals surface area contributed by atoms with Gasteiger partial charge in [-0.05, 0) is 176 Å². The molecule has 0 atom stereocenters. The Morgan fingerprint density at radius 1 is 0.532 bits per heavy atom. The number of hydrogen-bond acceptors (Lipinski definition) is 13. The maximum Gasteiger partial charge on any atom is 0.338 e. The third-order valence-corrected chi connectivity index (χ3v) is 16.7. The number of carbonyl (C=O) groups excluding carboxylic acids is 3. The van der Waals surface area contributed by atoms with Crippen molar-refractivity contribution in [2.75, 3.05) is 23.7 Å². The molecule has 4 aliphatic carbocycles. The Morgan fingerprint density at radius 3 is 1.25 bits per heavy atom. The van der Waals surface area contributed by atoms with Crippen LogP contribution >= 0.6 is 0 Å². The number of nitrogens with two attached hydrogens (primary N) is 1. The molecule has 5 amide bonds. The molecule has 0 aliphatic heterocycles. The SMILES string of the molecule is CCc1ncc(C(=O)NCCc2ccc(S(=O)(=O)NC(=O)Nc3c4c(cc5c3CCC5)CCC4)cc2)cn1.CCc1ncc(C(=O)O)cn1.NCCc1ccc(S(=O)(=O)NC(=O)Nc2c3c(cc4c2CCC4)CCC3)cc1. The summed E-state index contributed by atoms with van der Waals surface area (Å²) in [7, 11) is -7.98. The molecule has 404 valence electrons. The van der Waals surface area contributed by atoms with Crippen molar-refractivity contribution in [2.24, 2.45) is 5.73 Å². The molecule has 10 rings (SSSR count). The number of benzene rings is 4. The topological polar surface area (TPSA) is 295 Å². The highest BCUT2D eigenvalue weighted by Gasteiger charge is 2.28. The average Bonchev–Trinajstić information content (AvgIpc) is 4.29. The summed E-state index contributed by atoms with van der Waals surface area (Å²) in [6.07, 6.45) is 20.1. The highest BCUT2D eigenvalue weighted by Crippen LogP contribution is 2.40. The third-order valence-electron chi connectivity index (χ3n) is 14.0. The molecule has 0 saturated heterocycles. The van der Waals surface area contributed by atoms with Crippen molar-refractivity contribution in [3.05, 3.63) is 164 Å².